The first-order valence-electron chi connectivity index (χ1n) is 10.4. The van der Waals surface area contributed by atoms with Crippen molar-refractivity contribution in [2.45, 2.75) is 19.9 Å². The number of nitrogens with zero attached hydrogens (tertiary/aromatic N) is 7. The van der Waals surface area contributed by atoms with Crippen molar-refractivity contribution < 1.29 is 0 Å². The topological polar surface area (TPSA) is 118 Å². The van der Waals surface area contributed by atoms with Crippen LogP contribution in [0.25, 0.3) is 11.2 Å². The summed E-state index contributed by atoms with van der Waals surface area (Å²) in [5.41, 5.74) is 7.99. The lowest BCUT2D eigenvalue weighted by atomic mass is 9.88. The number of nitrogens with two attached hydrogens (primary N) is 1. The zero-order valence-electron chi connectivity index (χ0n) is 19.1. The van der Waals surface area contributed by atoms with E-state index in [1.54, 1.807) is 23.8 Å². The fraction of sp³-hybridized carbons (Fsp3) is 0.208. The van der Waals surface area contributed by atoms with Gasteiger partial charge in [0.2, 0.25) is 5.95 Å². The Balaban J connectivity index is 0.00000171. The third-order valence-electron chi connectivity index (χ3n) is 5.98. The van der Waals surface area contributed by atoms with Gasteiger partial charge in [-0.25, -0.2) is 9.50 Å². The van der Waals surface area contributed by atoms with Gasteiger partial charge in [-0.2, -0.15) is 42.3 Å². The van der Waals surface area contributed by atoms with Crippen molar-refractivity contribution in [1.82, 2.24) is 24.1 Å². The average Bonchev–Trinajstić information content (AvgIpc) is 3.21. The quantitative estimate of drug-likeness (QED) is 0.426. The summed E-state index contributed by atoms with van der Waals surface area (Å²) < 4.78 is 3.12. The molecule has 5 rings (SSSR count). The first-order valence-corrected chi connectivity index (χ1v) is 10.4. The van der Waals surface area contributed by atoms with Gasteiger partial charge in [0.05, 0.1) is 23.0 Å². The molecule has 4 heterocycles. The minimum Gasteiger partial charge on any atom is -0.368 e. The maximum absolute atomic E-state index is 13.7. The number of benzene rings is 1. The number of anilines is 2. The molecule has 1 fully saturated rings. The number of hydrogen-bond donors (Lipinski definition) is 1. The summed E-state index contributed by atoms with van der Waals surface area (Å²) in [6.07, 6.45) is 7.32. The molecule has 9 nitrogen and oxygen atoms in total. The zero-order valence-corrected chi connectivity index (χ0v) is 21.1. The minimum absolute atomic E-state index is 0. The van der Waals surface area contributed by atoms with Crippen LogP contribution in [0.3, 0.4) is 0 Å². The highest BCUT2D eigenvalue weighted by Crippen LogP contribution is 2.42. The van der Waals surface area contributed by atoms with E-state index < -0.39 is 0 Å². The Bertz CT molecular complexity index is 1550. The van der Waals surface area contributed by atoms with Crippen LogP contribution in [0.1, 0.15) is 35.6 Å². The molecule has 0 spiro atoms. The predicted molar refractivity (Wildman–Crippen MR) is 145 cm³/mol. The molecule has 2 atom stereocenters. The standard InChI is InChI=1S/C24H20N8O.2H2S/c1-4-16-10-11-31-20(16)23(33)32(17-8-6-5-7-9-17)22(29-31)19-14(2)13-30(19)21-18(12-25)15(3)27-24(26)28-21;;/h1,5-11,14,19H,13H2,2-3H3,(H2,26,27,28);2*1H2/t14-,19-;;/m0../s1. The van der Waals surface area contributed by atoms with Gasteiger partial charge in [0.1, 0.15) is 17.1 Å². The van der Waals surface area contributed by atoms with Gasteiger partial charge in [0, 0.05) is 18.7 Å². The Hall–Kier alpha value is -3.93. The number of terminal acetylenes is 1. The molecule has 35 heavy (non-hydrogen) atoms. The first kappa shape index (κ1) is 25.7. The second-order valence-corrected chi connectivity index (χ2v) is 8.05. The van der Waals surface area contributed by atoms with Gasteiger partial charge in [-0.3, -0.25) is 9.36 Å². The summed E-state index contributed by atoms with van der Waals surface area (Å²) >= 11 is 0. The van der Waals surface area contributed by atoms with Gasteiger partial charge in [-0.15, -0.1) is 6.42 Å². The number of aromatic nitrogens is 5. The molecule has 1 aliphatic heterocycles. The van der Waals surface area contributed by atoms with Gasteiger partial charge in [-0.1, -0.05) is 31.0 Å². The first-order chi connectivity index (χ1) is 15.9. The van der Waals surface area contributed by atoms with E-state index in [4.69, 9.17) is 17.3 Å². The summed E-state index contributed by atoms with van der Waals surface area (Å²) in [5, 5.41) is 14.6. The second-order valence-electron chi connectivity index (χ2n) is 8.05. The van der Waals surface area contributed by atoms with Crippen molar-refractivity contribution in [2.75, 3.05) is 17.2 Å². The molecule has 11 heteroatoms. The Labute approximate surface area is 216 Å². The summed E-state index contributed by atoms with van der Waals surface area (Å²) in [4.78, 5) is 24.1. The largest absolute Gasteiger partial charge is 0.368 e. The fourth-order valence-corrected chi connectivity index (χ4v) is 4.44. The highest BCUT2D eigenvalue weighted by Gasteiger charge is 2.43. The van der Waals surface area contributed by atoms with Gasteiger partial charge in [0.15, 0.2) is 11.6 Å². The van der Waals surface area contributed by atoms with Crippen molar-refractivity contribution in [2.24, 2.45) is 5.92 Å². The minimum atomic E-state index is -0.320. The van der Waals surface area contributed by atoms with Gasteiger partial charge in [0.25, 0.3) is 5.56 Å². The average molecular weight is 505 g/mol. The zero-order chi connectivity index (χ0) is 23.3. The van der Waals surface area contributed by atoms with Crippen molar-refractivity contribution in [3.05, 3.63) is 75.6 Å². The van der Waals surface area contributed by atoms with Crippen LogP contribution >= 0.6 is 27.0 Å². The van der Waals surface area contributed by atoms with Crippen LogP contribution in [0.5, 0.6) is 0 Å². The molecule has 4 aromatic rings. The highest BCUT2D eigenvalue weighted by atomic mass is 32.1. The highest BCUT2D eigenvalue weighted by molar-refractivity contribution is 7.59. The van der Waals surface area contributed by atoms with Crippen molar-refractivity contribution in [3.63, 3.8) is 0 Å². The van der Waals surface area contributed by atoms with E-state index >= 15 is 0 Å². The maximum Gasteiger partial charge on any atom is 0.283 e. The molecule has 0 bridgehead atoms. The molecular weight excluding hydrogens is 480 g/mol. The van der Waals surface area contributed by atoms with Gasteiger partial charge >= 0.3 is 0 Å². The Kier molecular flexibility index (Phi) is 7.15. The van der Waals surface area contributed by atoms with Crippen LogP contribution in [-0.4, -0.2) is 30.7 Å². The van der Waals surface area contributed by atoms with Crippen molar-refractivity contribution in [1.29, 1.82) is 5.26 Å². The maximum atomic E-state index is 13.7. The molecule has 178 valence electrons. The number of rotatable bonds is 3. The molecule has 1 aromatic carbocycles. The van der Waals surface area contributed by atoms with Crippen molar-refractivity contribution >= 4 is 44.3 Å². The normalized spacial score (nSPS) is 16.4. The number of nitriles is 1. The lowest BCUT2D eigenvalue weighted by Crippen LogP contribution is -2.52. The van der Waals surface area contributed by atoms with Gasteiger partial charge in [-0.05, 0) is 25.1 Å². The Morgan fingerprint density at radius 2 is 1.89 bits per heavy atom. The molecule has 3 aromatic heterocycles. The predicted octanol–water partition coefficient (Wildman–Crippen LogP) is 2.44. The number of nitrogen functional groups attached to an aromatic ring is 1. The monoisotopic (exact) mass is 504 g/mol. The third-order valence-corrected chi connectivity index (χ3v) is 5.98. The van der Waals surface area contributed by atoms with Crippen LogP contribution in [0, 0.1) is 36.5 Å². The Morgan fingerprint density at radius 3 is 2.51 bits per heavy atom. The SMILES string of the molecule is C#Cc1ccn2nc([C@@H]3[C@@H](C)CN3c3nc(N)nc(C)c3C#N)n(-c3ccccc3)c(=O)c12.S.S. The molecule has 0 aliphatic carbocycles. The van der Waals surface area contributed by atoms with E-state index in [0.717, 1.165) is 0 Å². The fourth-order valence-electron chi connectivity index (χ4n) is 4.44. The van der Waals surface area contributed by atoms with Crippen LogP contribution in [0.2, 0.25) is 0 Å². The van der Waals surface area contributed by atoms with E-state index in [9.17, 15) is 10.1 Å². The van der Waals surface area contributed by atoms with E-state index in [2.05, 4.69) is 28.9 Å². The molecule has 0 saturated carbocycles. The molecule has 0 radical (unpaired) electrons. The van der Waals surface area contributed by atoms with Crippen molar-refractivity contribution in [3.8, 4) is 24.1 Å². The van der Waals surface area contributed by atoms with E-state index in [0.29, 0.717) is 46.2 Å². The number of fused-ring (bicyclic) bond motifs is 1. The molecule has 0 unspecified atom stereocenters. The van der Waals surface area contributed by atoms with Crippen LogP contribution in [0.15, 0.2) is 47.4 Å². The van der Waals surface area contributed by atoms with Crippen LogP contribution in [0.4, 0.5) is 11.8 Å². The lowest BCUT2D eigenvalue weighted by molar-refractivity contribution is 0.300. The number of hydrogen-bond acceptors (Lipinski definition) is 7. The molecule has 0 amide bonds. The lowest BCUT2D eigenvalue weighted by Gasteiger charge is -2.47. The third kappa shape index (κ3) is 3.99. The summed E-state index contributed by atoms with van der Waals surface area (Å²) in [6, 6.07) is 12.9. The van der Waals surface area contributed by atoms with E-state index in [1.807, 2.05) is 35.2 Å². The van der Waals surface area contributed by atoms with E-state index in [-0.39, 0.29) is 50.5 Å². The number of aryl methyl sites for hydroxylation is 1. The smallest absolute Gasteiger partial charge is 0.283 e. The molecule has 2 N–H and O–H groups in total. The molecule has 1 saturated heterocycles. The number of para-hydroxylation sites is 1. The van der Waals surface area contributed by atoms with Gasteiger partial charge < -0.3 is 10.6 Å². The van der Waals surface area contributed by atoms with Crippen LogP contribution < -0.4 is 16.2 Å². The summed E-state index contributed by atoms with van der Waals surface area (Å²) in [7, 11) is 0. The molecular formula is C24H24N8OS2. The summed E-state index contributed by atoms with van der Waals surface area (Å²) in [5.74, 6) is 3.75. The molecule has 1 aliphatic rings. The summed E-state index contributed by atoms with van der Waals surface area (Å²) in [6.45, 7) is 4.42. The van der Waals surface area contributed by atoms with Crippen LogP contribution in [-0.2, 0) is 0 Å². The Morgan fingerprint density at radius 1 is 1.17 bits per heavy atom. The van der Waals surface area contributed by atoms with E-state index in [1.165, 1.54) is 4.52 Å². The second kappa shape index (κ2) is 9.74.